The Bertz CT molecular complexity index is 496. The second kappa shape index (κ2) is 4.11. The fraction of sp³-hybridized carbons (Fsp3) is 0.111. The Morgan fingerprint density at radius 1 is 1.33 bits per heavy atom. The van der Waals surface area contributed by atoms with Crippen LogP contribution in [0.2, 0.25) is 0 Å². The maximum absolute atomic E-state index is 8.55. The van der Waals surface area contributed by atoms with E-state index < -0.39 is 0 Å². The van der Waals surface area contributed by atoms with Crippen LogP contribution in [0.5, 0.6) is 0 Å². The lowest BCUT2D eigenvalue weighted by Gasteiger charge is -1.99. The highest BCUT2D eigenvalue weighted by Crippen LogP contribution is 2.22. The van der Waals surface area contributed by atoms with Crippen LogP contribution in [-0.4, -0.2) is 19.5 Å². The van der Waals surface area contributed by atoms with E-state index in [1.54, 1.807) is 12.4 Å². The third-order valence-electron chi connectivity index (χ3n) is 1.72. The topological polar surface area (TPSA) is 67.4 Å². The van der Waals surface area contributed by atoms with E-state index in [-0.39, 0.29) is 0 Å². The molecule has 0 radical (unpaired) electrons. The van der Waals surface area contributed by atoms with Gasteiger partial charge in [-0.05, 0) is 11.8 Å². The molecule has 74 valence electrons. The van der Waals surface area contributed by atoms with Crippen LogP contribution in [0.3, 0.4) is 0 Å². The molecule has 5 nitrogen and oxygen atoms in total. The van der Waals surface area contributed by atoms with Gasteiger partial charge in [0.05, 0.1) is 12.4 Å². The van der Waals surface area contributed by atoms with E-state index in [0.29, 0.717) is 5.69 Å². The number of hydrogen-bond acceptors (Lipinski definition) is 5. The van der Waals surface area contributed by atoms with Crippen LogP contribution in [0.15, 0.2) is 35.0 Å². The average Bonchev–Trinajstić information content (AvgIpc) is 2.66. The molecular weight excluding hydrogens is 210 g/mol. The second-order valence-corrected chi connectivity index (χ2v) is 3.76. The van der Waals surface area contributed by atoms with Gasteiger partial charge in [0.25, 0.3) is 0 Å². The Hall–Kier alpha value is -1.87. The lowest BCUT2D eigenvalue weighted by Crippen LogP contribution is -1.91. The Balaban J connectivity index is 2.19. The Morgan fingerprint density at radius 3 is 2.73 bits per heavy atom. The molecule has 0 fully saturated rings. The maximum atomic E-state index is 8.55. The summed E-state index contributed by atoms with van der Waals surface area (Å²) in [4.78, 5) is 12.2. The first kappa shape index (κ1) is 9.68. The van der Waals surface area contributed by atoms with Gasteiger partial charge >= 0.3 is 0 Å². The monoisotopic (exact) mass is 217 g/mol. The molecule has 0 bridgehead atoms. The summed E-state index contributed by atoms with van der Waals surface area (Å²) in [7, 11) is 1.91. The average molecular weight is 217 g/mol. The molecule has 0 N–H and O–H groups in total. The van der Waals surface area contributed by atoms with Crippen LogP contribution in [0.1, 0.15) is 5.69 Å². The molecule has 15 heavy (non-hydrogen) atoms. The van der Waals surface area contributed by atoms with E-state index in [9.17, 15) is 0 Å². The number of imidazole rings is 1. The van der Waals surface area contributed by atoms with Gasteiger partial charge in [-0.1, -0.05) is 0 Å². The van der Waals surface area contributed by atoms with Gasteiger partial charge in [0, 0.05) is 19.4 Å². The van der Waals surface area contributed by atoms with Crippen LogP contribution in [0, 0.1) is 11.3 Å². The van der Waals surface area contributed by atoms with Gasteiger partial charge in [0.15, 0.2) is 10.9 Å². The SMILES string of the molecule is Cn1ccnc1Sc1cnc(C#N)cn1. The second-order valence-electron chi connectivity index (χ2n) is 2.77. The fourth-order valence-electron chi connectivity index (χ4n) is 0.970. The maximum Gasteiger partial charge on any atom is 0.174 e. The lowest BCUT2D eigenvalue weighted by molar-refractivity contribution is 0.788. The first-order valence-electron chi connectivity index (χ1n) is 4.17. The molecule has 2 heterocycles. The molecule has 0 saturated heterocycles. The Kier molecular flexibility index (Phi) is 2.65. The summed E-state index contributed by atoms with van der Waals surface area (Å²) >= 11 is 1.41. The minimum absolute atomic E-state index is 0.319. The third-order valence-corrected chi connectivity index (χ3v) is 2.71. The highest BCUT2D eigenvalue weighted by Gasteiger charge is 2.03. The number of nitrogens with zero attached hydrogens (tertiary/aromatic N) is 5. The van der Waals surface area contributed by atoms with Crippen molar-refractivity contribution in [2.45, 2.75) is 10.2 Å². The minimum Gasteiger partial charge on any atom is -0.329 e. The number of hydrogen-bond donors (Lipinski definition) is 0. The molecule has 0 saturated carbocycles. The predicted octanol–water partition coefficient (Wildman–Crippen LogP) is 1.23. The highest BCUT2D eigenvalue weighted by molar-refractivity contribution is 7.99. The van der Waals surface area contributed by atoms with Gasteiger partial charge in [0.2, 0.25) is 0 Å². The smallest absolute Gasteiger partial charge is 0.174 e. The molecule has 0 unspecified atom stereocenters. The van der Waals surface area contributed by atoms with Crippen LogP contribution in [0.4, 0.5) is 0 Å². The van der Waals surface area contributed by atoms with Crippen molar-refractivity contribution < 1.29 is 0 Å². The zero-order valence-electron chi connectivity index (χ0n) is 7.95. The summed E-state index contributed by atoms with van der Waals surface area (Å²) in [5, 5.41) is 10.1. The summed E-state index contributed by atoms with van der Waals surface area (Å²) in [6.07, 6.45) is 6.60. The van der Waals surface area contributed by atoms with Crippen LogP contribution in [0.25, 0.3) is 0 Å². The molecule has 0 aromatic carbocycles. The number of rotatable bonds is 2. The van der Waals surface area contributed by atoms with Crippen LogP contribution >= 0.6 is 11.8 Å². The van der Waals surface area contributed by atoms with Crippen molar-refractivity contribution >= 4 is 11.8 Å². The summed E-state index contributed by atoms with van der Waals surface area (Å²) in [6.45, 7) is 0. The Morgan fingerprint density at radius 2 is 2.20 bits per heavy atom. The van der Waals surface area contributed by atoms with Crippen LogP contribution < -0.4 is 0 Å². The fourth-order valence-corrected chi connectivity index (χ4v) is 1.69. The molecule has 0 aliphatic rings. The van der Waals surface area contributed by atoms with Crippen molar-refractivity contribution in [2.75, 3.05) is 0 Å². The zero-order valence-corrected chi connectivity index (χ0v) is 8.77. The van der Waals surface area contributed by atoms with Crippen molar-refractivity contribution in [3.8, 4) is 6.07 Å². The van der Waals surface area contributed by atoms with Gasteiger partial charge in [-0.25, -0.2) is 15.0 Å². The van der Waals surface area contributed by atoms with Crippen molar-refractivity contribution in [1.29, 1.82) is 5.26 Å². The van der Waals surface area contributed by atoms with E-state index in [2.05, 4.69) is 15.0 Å². The molecule has 2 aromatic rings. The summed E-state index contributed by atoms with van der Waals surface area (Å²) in [5.41, 5.74) is 0.319. The quantitative estimate of drug-likeness (QED) is 0.756. The number of aromatic nitrogens is 4. The summed E-state index contributed by atoms with van der Waals surface area (Å²) < 4.78 is 1.89. The van der Waals surface area contributed by atoms with Crippen LogP contribution in [-0.2, 0) is 7.05 Å². The summed E-state index contributed by atoms with van der Waals surface area (Å²) in [6, 6.07) is 1.92. The van der Waals surface area contributed by atoms with Crippen molar-refractivity contribution in [2.24, 2.45) is 7.05 Å². The zero-order chi connectivity index (χ0) is 10.7. The van der Waals surface area contributed by atoms with E-state index in [4.69, 9.17) is 5.26 Å². The van der Waals surface area contributed by atoms with E-state index in [1.165, 1.54) is 18.0 Å². The van der Waals surface area contributed by atoms with E-state index in [1.807, 2.05) is 23.9 Å². The largest absolute Gasteiger partial charge is 0.329 e. The molecule has 0 amide bonds. The van der Waals surface area contributed by atoms with E-state index in [0.717, 1.165) is 10.2 Å². The normalized spacial score (nSPS) is 9.87. The third kappa shape index (κ3) is 2.14. The van der Waals surface area contributed by atoms with Crippen molar-refractivity contribution in [3.05, 3.63) is 30.5 Å². The van der Waals surface area contributed by atoms with Gasteiger partial charge < -0.3 is 4.57 Å². The summed E-state index contributed by atoms with van der Waals surface area (Å²) in [5.74, 6) is 0. The molecule has 0 spiro atoms. The molecule has 0 atom stereocenters. The minimum atomic E-state index is 0.319. The lowest BCUT2D eigenvalue weighted by atomic mass is 10.5. The first-order valence-corrected chi connectivity index (χ1v) is 4.98. The molecule has 2 aromatic heterocycles. The molecule has 6 heteroatoms. The Labute approximate surface area is 90.8 Å². The molecule has 0 aliphatic heterocycles. The molecular formula is C9H7N5S. The van der Waals surface area contributed by atoms with Crippen molar-refractivity contribution in [1.82, 2.24) is 19.5 Å². The van der Waals surface area contributed by atoms with Gasteiger partial charge in [-0.3, -0.25) is 0 Å². The van der Waals surface area contributed by atoms with Gasteiger partial charge in [-0.2, -0.15) is 5.26 Å². The number of aryl methyl sites for hydroxylation is 1. The van der Waals surface area contributed by atoms with Gasteiger partial charge in [0.1, 0.15) is 11.1 Å². The molecule has 0 aliphatic carbocycles. The first-order chi connectivity index (χ1) is 7.29. The predicted molar refractivity (Wildman–Crippen MR) is 54.1 cm³/mol. The highest BCUT2D eigenvalue weighted by atomic mass is 32.2. The number of nitriles is 1. The standard InChI is InChI=1S/C9H7N5S/c1-14-3-2-11-9(14)15-8-6-12-7(4-10)5-13-8/h2-3,5-6H,1H3. The van der Waals surface area contributed by atoms with E-state index >= 15 is 0 Å². The molecule has 2 rings (SSSR count). The van der Waals surface area contributed by atoms with Gasteiger partial charge in [-0.15, -0.1) is 0 Å². The van der Waals surface area contributed by atoms with Crippen molar-refractivity contribution in [3.63, 3.8) is 0 Å².